The first kappa shape index (κ1) is 22.1. The number of hydrogen-bond acceptors (Lipinski definition) is 3. The van der Waals surface area contributed by atoms with Crippen LogP contribution in [-0.2, 0) is 17.3 Å². The number of H-pyrrole nitrogens is 1. The van der Waals surface area contributed by atoms with Crippen LogP contribution in [0.2, 0.25) is 0 Å². The molecule has 0 aliphatic rings. The summed E-state index contributed by atoms with van der Waals surface area (Å²) >= 11 is 0. The van der Waals surface area contributed by atoms with Gasteiger partial charge in [0, 0.05) is 18.1 Å². The van der Waals surface area contributed by atoms with Crippen LogP contribution in [-0.4, -0.2) is 28.8 Å². The second-order valence-electron chi connectivity index (χ2n) is 8.22. The van der Waals surface area contributed by atoms with Gasteiger partial charge in [-0.05, 0) is 52.8 Å². The van der Waals surface area contributed by atoms with Gasteiger partial charge < -0.3 is 9.47 Å². The first-order valence-electron chi connectivity index (χ1n) is 9.74. The summed E-state index contributed by atoms with van der Waals surface area (Å²) in [5.41, 5.74) is 1.41. The maximum absolute atomic E-state index is 13.1. The average molecular weight is 422 g/mol. The Hall–Kier alpha value is -2.61. The maximum atomic E-state index is 13.1. The van der Waals surface area contributed by atoms with Crippen LogP contribution in [0.5, 0.6) is 5.75 Å². The molecule has 0 amide bonds. The second kappa shape index (κ2) is 7.91. The van der Waals surface area contributed by atoms with Crippen LogP contribution >= 0.6 is 0 Å². The minimum absolute atomic E-state index is 0.0476. The van der Waals surface area contributed by atoms with Crippen molar-refractivity contribution in [3.8, 4) is 11.7 Å². The van der Waals surface area contributed by atoms with Gasteiger partial charge in [0.25, 0.3) is 0 Å². The predicted octanol–water partition coefficient (Wildman–Crippen LogP) is 4.92. The Morgan fingerprint density at radius 2 is 1.87 bits per heavy atom. The maximum Gasteiger partial charge on any atom is 0.416 e. The van der Waals surface area contributed by atoms with E-state index in [1.54, 1.807) is 13.3 Å². The first-order valence-corrected chi connectivity index (χ1v) is 9.74. The molecular formula is C22H27F3N3O2+. The summed E-state index contributed by atoms with van der Waals surface area (Å²) in [6.45, 7) is 9.91. The van der Waals surface area contributed by atoms with Crippen molar-refractivity contribution in [2.24, 2.45) is 0 Å². The number of alkyl halides is 3. The van der Waals surface area contributed by atoms with Crippen LogP contribution in [0, 0.1) is 6.92 Å². The third-order valence-corrected chi connectivity index (χ3v) is 4.86. The van der Waals surface area contributed by atoms with Crippen LogP contribution in [0.25, 0.3) is 17.0 Å². The van der Waals surface area contributed by atoms with Crippen molar-refractivity contribution in [3.05, 3.63) is 47.3 Å². The van der Waals surface area contributed by atoms with Crippen LogP contribution in [0.4, 0.5) is 13.2 Å². The Labute approximate surface area is 173 Å². The lowest BCUT2D eigenvalue weighted by atomic mass is 9.98. The Balaban J connectivity index is 2.12. The summed E-state index contributed by atoms with van der Waals surface area (Å²) < 4.78 is 52.6. The molecule has 5 nitrogen and oxygen atoms in total. The van der Waals surface area contributed by atoms with Crippen molar-refractivity contribution < 1.29 is 27.2 Å². The van der Waals surface area contributed by atoms with Crippen molar-refractivity contribution >= 4 is 11.0 Å². The van der Waals surface area contributed by atoms with Crippen LogP contribution in [0.15, 0.2) is 30.5 Å². The van der Waals surface area contributed by atoms with Gasteiger partial charge in [0.2, 0.25) is 0 Å². The lowest BCUT2D eigenvalue weighted by Gasteiger charge is -2.28. The summed E-state index contributed by atoms with van der Waals surface area (Å²) in [5, 5.41) is 0. The number of methoxy groups -OCH3 is 1. The molecule has 1 aromatic carbocycles. The zero-order valence-electron chi connectivity index (χ0n) is 18.0. The van der Waals surface area contributed by atoms with Crippen molar-refractivity contribution in [1.29, 1.82) is 0 Å². The van der Waals surface area contributed by atoms with Gasteiger partial charge in [-0.2, -0.15) is 13.2 Å². The number of aromatic nitrogens is 3. The molecule has 0 radical (unpaired) electrons. The molecule has 0 bridgehead atoms. The number of imidazole rings is 1. The number of nitrogens with one attached hydrogen (secondary N) is 1. The number of nitrogens with zero attached hydrogens (tertiary/aromatic N) is 2. The summed E-state index contributed by atoms with van der Waals surface area (Å²) in [6, 6.07) is 5.30. The molecule has 0 unspecified atom stereocenters. The van der Waals surface area contributed by atoms with E-state index >= 15 is 0 Å². The molecule has 0 spiro atoms. The number of fused-ring (bicyclic) bond motifs is 1. The van der Waals surface area contributed by atoms with E-state index in [1.807, 2.05) is 45.3 Å². The zero-order valence-corrected chi connectivity index (χ0v) is 18.0. The Bertz CT molecular complexity index is 1060. The summed E-state index contributed by atoms with van der Waals surface area (Å²) in [5.74, 6) is 1.16. The molecule has 30 heavy (non-hydrogen) atoms. The topological polar surface area (TPSA) is 51.0 Å². The minimum Gasteiger partial charge on any atom is -0.496 e. The van der Waals surface area contributed by atoms with Crippen LogP contribution in [0.3, 0.4) is 0 Å². The van der Waals surface area contributed by atoms with Gasteiger partial charge in [0.1, 0.15) is 11.3 Å². The minimum atomic E-state index is -4.41. The Kier molecular flexibility index (Phi) is 5.82. The monoisotopic (exact) mass is 422 g/mol. The molecule has 2 heterocycles. The number of hydrogen-bond donors (Lipinski definition) is 1. The van der Waals surface area contributed by atoms with E-state index in [-0.39, 0.29) is 6.10 Å². The van der Waals surface area contributed by atoms with E-state index in [9.17, 15) is 13.2 Å². The molecule has 0 fully saturated rings. The van der Waals surface area contributed by atoms with Crippen LogP contribution in [0.1, 0.15) is 44.5 Å². The smallest absolute Gasteiger partial charge is 0.416 e. The quantitative estimate of drug-likeness (QED) is 0.574. The SMILES string of the molecule is COc1cc[n+](-c2nc3ccc(C(F)(F)F)cc3[nH]2)c(CC(C)(C)OC(C)C)c1C. The Morgan fingerprint density at radius 3 is 2.47 bits per heavy atom. The average Bonchev–Trinajstić information content (AvgIpc) is 3.04. The number of aromatic amines is 1. The van der Waals surface area contributed by atoms with Gasteiger partial charge in [0.05, 0.1) is 36.3 Å². The molecule has 1 N–H and O–H groups in total. The highest BCUT2D eigenvalue weighted by Gasteiger charge is 2.32. The molecule has 162 valence electrons. The van der Waals surface area contributed by atoms with E-state index in [1.165, 1.54) is 6.07 Å². The highest BCUT2D eigenvalue weighted by Crippen LogP contribution is 2.31. The molecule has 0 aliphatic heterocycles. The standard InChI is InChI=1S/C22H27F3N3O2/c1-13(2)30-21(4,5)12-18-14(3)19(29-6)9-10-28(18)20-26-16-8-7-15(22(23,24)25)11-17(16)27-20/h7-11,13H,12H2,1-6H3,(H,26,27)/q+1. The molecule has 3 rings (SSSR count). The second-order valence-corrected chi connectivity index (χ2v) is 8.22. The normalized spacial score (nSPS) is 12.7. The van der Waals surface area contributed by atoms with E-state index in [0.717, 1.165) is 29.1 Å². The molecular weight excluding hydrogens is 395 g/mol. The van der Waals surface area contributed by atoms with Crippen molar-refractivity contribution in [1.82, 2.24) is 9.97 Å². The number of ether oxygens (including phenoxy) is 2. The first-order chi connectivity index (χ1) is 13.9. The van der Waals surface area contributed by atoms with Crippen LogP contribution < -0.4 is 9.30 Å². The van der Waals surface area contributed by atoms with Gasteiger partial charge in [-0.1, -0.05) is 4.98 Å². The molecule has 2 aromatic heterocycles. The molecule has 0 saturated heterocycles. The van der Waals surface area contributed by atoms with E-state index < -0.39 is 17.3 Å². The molecule has 0 saturated carbocycles. The van der Waals surface area contributed by atoms with Gasteiger partial charge >= 0.3 is 12.1 Å². The fourth-order valence-electron chi connectivity index (χ4n) is 3.69. The summed E-state index contributed by atoms with van der Waals surface area (Å²) in [4.78, 5) is 7.54. The van der Waals surface area contributed by atoms with Gasteiger partial charge in [0.15, 0.2) is 5.52 Å². The molecule has 3 aromatic rings. The Morgan fingerprint density at radius 1 is 1.17 bits per heavy atom. The van der Waals surface area contributed by atoms with Gasteiger partial charge in [-0.3, -0.25) is 0 Å². The number of pyridine rings is 1. The predicted molar refractivity (Wildman–Crippen MR) is 108 cm³/mol. The van der Waals surface area contributed by atoms with Crippen molar-refractivity contribution in [2.75, 3.05) is 7.11 Å². The highest BCUT2D eigenvalue weighted by molar-refractivity contribution is 5.76. The fourth-order valence-corrected chi connectivity index (χ4v) is 3.69. The number of benzene rings is 1. The summed E-state index contributed by atoms with van der Waals surface area (Å²) in [6.07, 6.45) is -2.01. The number of halogens is 3. The summed E-state index contributed by atoms with van der Waals surface area (Å²) in [7, 11) is 1.60. The van der Waals surface area contributed by atoms with Crippen molar-refractivity contribution in [3.63, 3.8) is 0 Å². The zero-order chi connectivity index (χ0) is 22.3. The molecule has 0 aliphatic carbocycles. The molecule has 0 atom stereocenters. The largest absolute Gasteiger partial charge is 0.496 e. The van der Waals surface area contributed by atoms with Gasteiger partial charge in [-0.15, -0.1) is 0 Å². The van der Waals surface area contributed by atoms with Gasteiger partial charge in [-0.25, -0.2) is 9.55 Å². The number of rotatable bonds is 6. The van der Waals surface area contributed by atoms with E-state index in [4.69, 9.17) is 9.47 Å². The third-order valence-electron chi connectivity index (χ3n) is 4.86. The molecule has 8 heteroatoms. The third kappa shape index (κ3) is 4.59. The van der Waals surface area contributed by atoms with E-state index in [2.05, 4.69) is 9.97 Å². The van der Waals surface area contributed by atoms with Crippen molar-refractivity contribution in [2.45, 2.75) is 58.9 Å². The van der Waals surface area contributed by atoms with E-state index in [0.29, 0.717) is 23.4 Å². The highest BCUT2D eigenvalue weighted by atomic mass is 19.4. The lowest BCUT2D eigenvalue weighted by Crippen LogP contribution is -2.42. The lowest BCUT2D eigenvalue weighted by molar-refractivity contribution is -0.613. The fraction of sp³-hybridized carbons (Fsp3) is 0.455.